The molecular formula is C25H40O4. The fraction of sp³-hybridized carbons (Fsp3) is 0.640. The van der Waals surface area contributed by atoms with Crippen LogP contribution in [0.5, 0.6) is 0 Å². The van der Waals surface area contributed by atoms with E-state index < -0.39 is 6.10 Å². The molecule has 0 fully saturated rings. The molecule has 3 unspecified atom stereocenters. The van der Waals surface area contributed by atoms with Gasteiger partial charge in [0, 0.05) is 11.8 Å². The van der Waals surface area contributed by atoms with Gasteiger partial charge in [0.05, 0.1) is 14.2 Å². The Morgan fingerprint density at radius 2 is 1.55 bits per heavy atom. The summed E-state index contributed by atoms with van der Waals surface area (Å²) in [6, 6.07) is 0. The van der Waals surface area contributed by atoms with Gasteiger partial charge in [0.2, 0.25) is 11.5 Å². The molecule has 0 radical (unpaired) electrons. The fourth-order valence-electron chi connectivity index (χ4n) is 3.91. The van der Waals surface area contributed by atoms with E-state index in [9.17, 15) is 9.90 Å². The second kappa shape index (κ2) is 12.7. The van der Waals surface area contributed by atoms with Gasteiger partial charge < -0.3 is 14.6 Å². The molecule has 29 heavy (non-hydrogen) atoms. The molecule has 0 aromatic carbocycles. The summed E-state index contributed by atoms with van der Waals surface area (Å²) in [6.45, 7) is 10.6. The van der Waals surface area contributed by atoms with Crippen molar-refractivity contribution in [3.05, 3.63) is 46.5 Å². The molecule has 1 aliphatic rings. The molecule has 0 bridgehead atoms. The zero-order valence-electron chi connectivity index (χ0n) is 19.4. The number of hydrogen-bond donors (Lipinski definition) is 1. The fourth-order valence-corrected chi connectivity index (χ4v) is 3.91. The monoisotopic (exact) mass is 404 g/mol. The largest absolute Gasteiger partial charge is 0.494 e. The maximum Gasteiger partial charge on any atom is 0.204 e. The zero-order chi connectivity index (χ0) is 22.0. The third kappa shape index (κ3) is 7.50. The SMILES string of the molecule is CCC1C(=O)C(OC)=C(OC)C(O)C1CC=C(C)CCC=C(C)CCC=C(C)C. The number of Topliss-reactive ketones (excluding diaryl/α,β-unsaturated/α-hetero) is 1. The van der Waals surface area contributed by atoms with E-state index in [1.807, 2.05) is 6.92 Å². The van der Waals surface area contributed by atoms with Gasteiger partial charge in [-0.2, -0.15) is 0 Å². The van der Waals surface area contributed by atoms with Crippen molar-refractivity contribution in [2.75, 3.05) is 14.2 Å². The standard InChI is InChI=1S/C25H40O4/c1-8-20-21(23(27)25(29-7)24(28-6)22(20)26)16-15-19(5)14-10-13-18(4)12-9-11-17(2)3/h11,13,15,20-21,23,27H,8-10,12,14,16H2,1-7H3. The number of aliphatic hydroxyl groups excluding tert-OH is 1. The molecule has 0 aliphatic heterocycles. The van der Waals surface area contributed by atoms with Crippen molar-refractivity contribution in [2.45, 2.75) is 79.2 Å². The Kier molecular flexibility index (Phi) is 11.0. The minimum absolute atomic E-state index is 0.0665. The second-order valence-electron chi connectivity index (χ2n) is 8.28. The molecule has 0 saturated heterocycles. The number of carbonyl (C=O) groups excluding carboxylic acids is 1. The van der Waals surface area contributed by atoms with Crippen LogP contribution < -0.4 is 0 Å². The molecule has 0 saturated carbocycles. The van der Waals surface area contributed by atoms with Gasteiger partial charge in [0.1, 0.15) is 6.10 Å². The molecule has 0 heterocycles. The van der Waals surface area contributed by atoms with Crippen molar-refractivity contribution in [1.82, 2.24) is 0 Å². The van der Waals surface area contributed by atoms with Crippen molar-refractivity contribution >= 4 is 5.78 Å². The summed E-state index contributed by atoms with van der Waals surface area (Å²) in [5.41, 5.74) is 4.08. The Bertz CT molecular complexity index is 662. The minimum Gasteiger partial charge on any atom is -0.494 e. The highest BCUT2D eigenvalue weighted by molar-refractivity contribution is 5.97. The van der Waals surface area contributed by atoms with Crippen LogP contribution in [0, 0.1) is 11.8 Å². The average molecular weight is 405 g/mol. The lowest BCUT2D eigenvalue weighted by Gasteiger charge is -2.35. The summed E-state index contributed by atoms with van der Waals surface area (Å²) >= 11 is 0. The maximum atomic E-state index is 12.7. The van der Waals surface area contributed by atoms with E-state index in [2.05, 4.69) is 45.9 Å². The number of ether oxygens (including phenoxy) is 2. The highest BCUT2D eigenvalue weighted by Gasteiger charge is 2.43. The van der Waals surface area contributed by atoms with Gasteiger partial charge in [-0.1, -0.05) is 41.9 Å². The van der Waals surface area contributed by atoms with Gasteiger partial charge in [-0.25, -0.2) is 0 Å². The van der Waals surface area contributed by atoms with E-state index in [0.29, 0.717) is 12.8 Å². The molecule has 164 valence electrons. The molecule has 1 N–H and O–H groups in total. The summed E-state index contributed by atoms with van der Waals surface area (Å²) in [4.78, 5) is 12.7. The minimum atomic E-state index is -0.820. The van der Waals surface area contributed by atoms with E-state index in [1.165, 1.54) is 30.9 Å². The van der Waals surface area contributed by atoms with Gasteiger partial charge in [-0.3, -0.25) is 4.79 Å². The van der Waals surface area contributed by atoms with Crippen molar-refractivity contribution in [1.29, 1.82) is 0 Å². The molecule has 0 spiro atoms. The van der Waals surface area contributed by atoms with E-state index in [1.54, 1.807) is 0 Å². The third-order valence-electron chi connectivity index (χ3n) is 5.70. The predicted octanol–water partition coefficient (Wildman–Crippen LogP) is 5.89. The first-order valence-corrected chi connectivity index (χ1v) is 10.8. The lowest BCUT2D eigenvalue weighted by molar-refractivity contribution is -0.129. The molecule has 4 heteroatoms. The van der Waals surface area contributed by atoms with Crippen LogP contribution in [0.1, 0.15) is 73.1 Å². The molecule has 0 amide bonds. The Balaban J connectivity index is 2.71. The molecular weight excluding hydrogens is 364 g/mol. The molecule has 4 nitrogen and oxygen atoms in total. The first kappa shape index (κ1) is 25.2. The van der Waals surface area contributed by atoms with E-state index in [4.69, 9.17) is 9.47 Å². The van der Waals surface area contributed by atoms with Crippen LogP contribution >= 0.6 is 0 Å². The quantitative estimate of drug-likeness (QED) is 0.437. The van der Waals surface area contributed by atoms with Gasteiger partial charge in [-0.15, -0.1) is 0 Å². The summed E-state index contributed by atoms with van der Waals surface area (Å²) in [5, 5.41) is 10.8. The van der Waals surface area contributed by atoms with Crippen LogP contribution in [0.3, 0.4) is 0 Å². The highest BCUT2D eigenvalue weighted by atomic mass is 16.5. The molecule has 0 aromatic heterocycles. The van der Waals surface area contributed by atoms with Crippen LogP contribution in [0.15, 0.2) is 46.5 Å². The lowest BCUT2D eigenvalue weighted by Crippen LogP contribution is -2.41. The Hall–Kier alpha value is -1.81. The second-order valence-corrected chi connectivity index (χ2v) is 8.28. The van der Waals surface area contributed by atoms with Crippen molar-refractivity contribution < 1.29 is 19.4 Å². The van der Waals surface area contributed by atoms with Gasteiger partial charge in [-0.05, 0) is 66.2 Å². The topological polar surface area (TPSA) is 55.8 Å². The maximum absolute atomic E-state index is 12.7. The molecule has 0 aromatic rings. The average Bonchev–Trinajstić information content (AvgIpc) is 2.67. The summed E-state index contributed by atoms with van der Waals surface area (Å²) in [7, 11) is 2.92. The number of aliphatic hydroxyl groups is 1. The van der Waals surface area contributed by atoms with Crippen LogP contribution in [-0.4, -0.2) is 31.2 Å². The Morgan fingerprint density at radius 3 is 2.07 bits per heavy atom. The van der Waals surface area contributed by atoms with Crippen LogP contribution in [-0.2, 0) is 14.3 Å². The van der Waals surface area contributed by atoms with Crippen molar-refractivity contribution in [3.8, 4) is 0 Å². The number of ketones is 1. The number of rotatable bonds is 11. The van der Waals surface area contributed by atoms with Gasteiger partial charge in [0.15, 0.2) is 5.76 Å². The first-order chi connectivity index (χ1) is 13.8. The van der Waals surface area contributed by atoms with Crippen LogP contribution in [0.4, 0.5) is 0 Å². The predicted molar refractivity (Wildman–Crippen MR) is 119 cm³/mol. The Labute approximate surface area is 177 Å². The molecule has 1 rings (SSSR count). The summed E-state index contributed by atoms with van der Waals surface area (Å²) in [6.07, 6.45) is 11.5. The number of hydrogen-bond acceptors (Lipinski definition) is 4. The summed E-state index contributed by atoms with van der Waals surface area (Å²) < 4.78 is 10.5. The molecule has 3 atom stereocenters. The number of methoxy groups -OCH3 is 2. The summed E-state index contributed by atoms with van der Waals surface area (Å²) in [5.74, 6) is -0.0772. The van der Waals surface area contributed by atoms with E-state index >= 15 is 0 Å². The van der Waals surface area contributed by atoms with Gasteiger partial charge >= 0.3 is 0 Å². The normalized spacial score (nSPS) is 23.3. The first-order valence-electron chi connectivity index (χ1n) is 10.8. The number of carbonyl (C=O) groups is 1. The van der Waals surface area contributed by atoms with Gasteiger partial charge in [0.25, 0.3) is 0 Å². The number of allylic oxidation sites excluding steroid dienone is 7. The van der Waals surface area contributed by atoms with Crippen LogP contribution in [0.25, 0.3) is 0 Å². The van der Waals surface area contributed by atoms with E-state index in [0.717, 1.165) is 25.7 Å². The highest BCUT2D eigenvalue weighted by Crippen LogP contribution is 2.37. The third-order valence-corrected chi connectivity index (χ3v) is 5.70. The smallest absolute Gasteiger partial charge is 0.204 e. The van der Waals surface area contributed by atoms with Crippen LogP contribution in [0.2, 0.25) is 0 Å². The van der Waals surface area contributed by atoms with Crippen molar-refractivity contribution in [3.63, 3.8) is 0 Å². The Morgan fingerprint density at radius 1 is 0.966 bits per heavy atom. The van der Waals surface area contributed by atoms with Crippen molar-refractivity contribution in [2.24, 2.45) is 11.8 Å². The lowest BCUT2D eigenvalue weighted by atomic mass is 9.75. The zero-order valence-corrected chi connectivity index (χ0v) is 19.4. The van der Waals surface area contributed by atoms with E-state index in [-0.39, 0.29) is 29.1 Å². The molecule has 1 aliphatic carbocycles.